The quantitative estimate of drug-likeness (QED) is 0.462. The average molecular weight is 537 g/mol. The van der Waals surface area contributed by atoms with Gasteiger partial charge in [0.25, 0.3) is 0 Å². The predicted octanol–water partition coefficient (Wildman–Crippen LogP) is 5.59. The number of fused-ring (bicyclic) bond motifs is 2. The fraction of sp³-hybridized carbons (Fsp3) is 0.769. The summed E-state index contributed by atoms with van der Waals surface area (Å²) in [5.41, 5.74) is 1.93. The minimum absolute atomic E-state index is 0.130. The molecule has 0 spiro atoms. The third kappa shape index (κ3) is 5.20. The van der Waals surface area contributed by atoms with Gasteiger partial charge >= 0.3 is 0 Å². The molecule has 4 atom stereocenters. The lowest BCUT2D eigenvalue weighted by Crippen LogP contribution is -2.44. The summed E-state index contributed by atoms with van der Waals surface area (Å²) < 4.78 is 27.6. The van der Waals surface area contributed by atoms with Crippen LogP contribution >= 0.6 is 11.6 Å². The number of hydrogen-bond donors (Lipinski definition) is 1. The van der Waals surface area contributed by atoms with E-state index in [2.05, 4.69) is 61.4 Å². The molecule has 200 valence electrons. The summed E-state index contributed by atoms with van der Waals surface area (Å²) >= 11 is 6.35. The molecule has 36 heavy (non-hydrogen) atoms. The van der Waals surface area contributed by atoms with Crippen LogP contribution in [0.5, 0.6) is 0 Å². The molecular weight excluding hydrogens is 496 g/mol. The van der Waals surface area contributed by atoms with Gasteiger partial charge in [0.15, 0.2) is 19.9 Å². The zero-order valence-corrected chi connectivity index (χ0v) is 24.4. The van der Waals surface area contributed by atoms with Crippen LogP contribution < -0.4 is 5.32 Å². The maximum absolute atomic E-state index is 6.56. The second kappa shape index (κ2) is 9.50. The van der Waals surface area contributed by atoms with Gasteiger partial charge in [0.05, 0.1) is 12.7 Å². The Bertz CT molecular complexity index is 1100. The summed E-state index contributed by atoms with van der Waals surface area (Å²) in [7, 11) is -1.92. The summed E-state index contributed by atoms with van der Waals surface area (Å²) in [6.07, 6.45) is 4.74. The molecule has 3 aliphatic rings. The molecule has 2 saturated heterocycles. The predicted molar refractivity (Wildman–Crippen MR) is 143 cm³/mol. The minimum atomic E-state index is -1.92. The van der Waals surface area contributed by atoms with E-state index in [0.717, 1.165) is 29.9 Å². The van der Waals surface area contributed by atoms with Crippen molar-refractivity contribution >= 4 is 31.3 Å². The fourth-order valence-electron chi connectivity index (χ4n) is 5.33. The molecule has 4 heterocycles. The fourth-order valence-corrected chi connectivity index (χ4v) is 6.50. The number of ether oxygens (including phenoxy) is 3. The van der Waals surface area contributed by atoms with Gasteiger partial charge in [0.2, 0.25) is 5.28 Å². The van der Waals surface area contributed by atoms with Crippen LogP contribution in [0.25, 0.3) is 5.52 Å². The Morgan fingerprint density at radius 1 is 1.14 bits per heavy atom. The Balaban J connectivity index is 1.36. The van der Waals surface area contributed by atoms with Crippen molar-refractivity contribution in [2.24, 2.45) is 0 Å². The normalized spacial score (nSPS) is 28.8. The van der Waals surface area contributed by atoms with Crippen LogP contribution in [0.3, 0.4) is 0 Å². The monoisotopic (exact) mass is 536 g/mol. The van der Waals surface area contributed by atoms with Crippen LogP contribution in [0.15, 0.2) is 12.1 Å². The van der Waals surface area contributed by atoms with Crippen molar-refractivity contribution in [3.05, 3.63) is 23.1 Å². The number of aromatic nitrogens is 3. The molecule has 0 aromatic carbocycles. The van der Waals surface area contributed by atoms with Crippen molar-refractivity contribution in [3.8, 4) is 0 Å². The number of halogens is 1. The van der Waals surface area contributed by atoms with E-state index in [9.17, 15) is 0 Å². The van der Waals surface area contributed by atoms with Gasteiger partial charge in [-0.1, -0.05) is 33.6 Å². The first-order valence-corrected chi connectivity index (χ1v) is 16.6. The molecule has 8 nitrogen and oxygen atoms in total. The molecule has 1 saturated carbocycles. The van der Waals surface area contributed by atoms with Crippen molar-refractivity contribution in [3.63, 3.8) is 0 Å². The second-order valence-electron chi connectivity index (χ2n) is 12.5. The third-order valence-electron chi connectivity index (χ3n) is 8.33. The summed E-state index contributed by atoms with van der Waals surface area (Å²) in [6.45, 7) is 15.7. The van der Waals surface area contributed by atoms with E-state index < -0.39 is 14.1 Å². The van der Waals surface area contributed by atoms with Crippen LogP contribution in [0.2, 0.25) is 23.4 Å². The van der Waals surface area contributed by atoms with E-state index in [1.54, 1.807) is 0 Å². The van der Waals surface area contributed by atoms with Crippen molar-refractivity contribution < 1.29 is 18.6 Å². The molecule has 5 rings (SSSR count). The standard InChI is InChI=1S/C26H41ClN4O4Si/c1-25(2,3)36(6,7)32-15-20-22-21(34-26(4,5)35-22)19(33-20)14-17-12-13-18-23(28-16-10-8-9-11-16)29-24(27)30-31(17)18/h12-13,16,19-22H,8-11,14-15H2,1-7H3,(H,28,29,30)/t19-,20-,21+,22-/m1/s1. The molecule has 1 N–H and O–H groups in total. The molecule has 0 amide bonds. The van der Waals surface area contributed by atoms with Crippen molar-refractivity contribution in [2.45, 2.75) is 121 Å². The van der Waals surface area contributed by atoms with Crippen molar-refractivity contribution in [1.82, 2.24) is 14.6 Å². The Kier molecular flexibility index (Phi) is 6.96. The largest absolute Gasteiger partial charge is 0.414 e. The van der Waals surface area contributed by atoms with E-state index in [1.807, 2.05) is 18.4 Å². The Morgan fingerprint density at radius 3 is 2.47 bits per heavy atom. The number of anilines is 1. The van der Waals surface area contributed by atoms with Crippen molar-refractivity contribution in [1.29, 1.82) is 0 Å². The van der Waals surface area contributed by atoms with Gasteiger partial charge in [0.1, 0.15) is 23.8 Å². The van der Waals surface area contributed by atoms with E-state index in [-0.39, 0.29) is 34.7 Å². The van der Waals surface area contributed by atoms with Crippen LogP contribution in [-0.4, -0.2) is 65.8 Å². The SMILES string of the molecule is CC1(C)O[C@@H]2[C@H](O1)[C@@H](CO[Si](C)(C)C(C)(C)C)O[C@@H]2Cc1ccc2c(NC3CCCC3)nc(Cl)nn12. The molecule has 2 aliphatic heterocycles. The molecule has 0 bridgehead atoms. The highest BCUT2D eigenvalue weighted by atomic mass is 35.5. The lowest BCUT2D eigenvalue weighted by molar-refractivity contribution is -0.189. The van der Waals surface area contributed by atoms with E-state index >= 15 is 0 Å². The molecule has 0 radical (unpaired) electrons. The van der Waals surface area contributed by atoms with Gasteiger partial charge in [-0.3, -0.25) is 0 Å². The topological polar surface area (TPSA) is 79.1 Å². The van der Waals surface area contributed by atoms with Crippen LogP contribution in [0.1, 0.15) is 66.0 Å². The Morgan fingerprint density at radius 2 is 1.81 bits per heavy atom. The number of hydrogen-bond acceptors (Lipinski definition) is 7. The highest BCUT2D eigenvalue weighted by Gasteiger charge is 2.55. The Hall–Kier alpha value is -1.23. The lowest BCUT2D eigenvalue weighted by Gasteiger charge is -2.37. The second-order valence-corrected chi connectivity index (χ2v) is 17.7. The van der Waals surface area contributed by atoms with E-state index in [4.69, 9.17) is 30.2 Å². The van der Waals surface area contributed by atoms with Crippen LogP contribution in [0, 0.1) is 0 Å². The average Bonchev–Trinajstić information content (AvgIpc) is 3.52. The highest BCUT2D eigenvalue weighted by molar-refractivity contribution is 6.74. The summed E-state index contributed by atoms with van der Waals surface area (Å²) in [4.78, 5) is 4.50. The van der Waals surface area contributed by atoms with E-state index in [0.29, 0.717) is 19.1 Å². The molecule has 2 aromatic heterocycles. The number of rotatable bonds is 7. The number of nitrogens with one attached hydrogen (secondary N) is 1. The zero-order chi connectivity index (χ0) is 25.9. The van der Waals surface area contributed by atoms with Crippen LogP contribution in [0.4, 0.5) is 5.82 Å². The van der Waals surface area contributed by atoms with Gasteiger partial charge in [-0.25, -0.2) is 4.52 Å². The molecule has 10 heteroatoms. The smallest absolute Gasteiger partial charge is 0.243 e. The van der Waals surface area contributed by atoms with Gasteiger partial charge in [-0.15, -0.1) is 5.10 Å². The van der Waals surface area contributed by atoms with Crippen LogP contribution in [-0.2, 0) is 25.1 Å². The zero-order valence-electron chi connectivity index (χ0n) is 22.6. The first kappa shape index (κ1) is 26.4. The van der Waals surface area contributed by atoms with Gasteiger partial charge < -0.3 is 24.0 Å². The molecule has 1 aliphatic carbocycles. The maximum atomic E-state index is 6.56. The minimum Gasteiger partial charge on any atom is -0.414 e. The molecule has 0 unspecified atom stereocenters. The highest BCUT2D eigenvalue weighted by Crippen LogP contribution is 2.42. The summed E-state index contributed by atoms with van der Waals surface area (Å²) in [5, 5.41) is 8.47. The molecule has 2 aromatic rings. The van der Waals surface area contributed by atoms with Gasteiger partial charge in [0, 0.05) is 18.2 Å². The van der Waals surface area contributed by atoms with E-state index in [1.165, 1.54) is 12.8 Å². The van der Waals surface area contributed by atoms with Gasteiger partial charge in [-0.2, -0.15) is 4.98 Å². The maximum Gasteiger partial charge on any atom is 0.243 e. The summed E-state index contributed by atoms with van der Waals surface area (Å²) in [6, 6.07) is 4.58. The van der Waals surface area contributed by atoms with Crippen molar-refractivity contribution in [2.75, 3.05) is 11.9 Å². The molecular formula is C26H41ClN4O4Si. The lowest BCUT2D eigenvalue weighted by atomic mass is 10.0. The van der Waals surface area contributed by atoms with Gasteiger partial charge in [-0.05, 0) is 68.6 Å². The first-order chi connectivity index (χ1) is 16.8. The molecule has 3 fully saturated rings. The number of nitrogens with zero attached hydrogens (tertiary/aromatic N) is 3. The third-order valence-corrected chi connectivity index (χ3v) is 13.0. The Labute approximate surface area is 220 Å². The summed E-state index contributed by atoms with van der Waals surface area (Å²) in [5.74, 6) is 0.137. The first-order valence-electron chi connectivity index (χ1n) is 13.3.